The van der Waals surface area contributed by atoms with Crippen molar-refractivity contribution in [3.05, 3.63) is 58.6 Å². The monoisotopic (exact) mass is 360 g/mol. The lowest BCUT2D eigenvalue weighted by Gasteiger charge is -2.19. The summed E-state index contributed by atoms with van der Waals surface area (Å²) in [6, 6.07) is 13.2. The van der Waals surface area contributed by atoms with Crippen molar-refractivity contribution in [1.29, 1.82) is 0 Å². The van der Waals surface area contributed by atoms with Crippen LogP contribution in [0, 0.1) is 0 Å². The number of benzene rings is 2. The third kappa shape index (κ3) is 4.65. The van der Waals surface area contributed by atoms with Gasteiger partial charge >= 0.3 is 0 Å². The van der Waals surface area contributed by atoms with Crippen LogP contribution in [0.2, 0.25) is 5.02 Å². The largest absolute Gasteiger partial charge is 0.454 e. The van der Waals surface area contributed by atoms with Crippen LogP contribution in [-0.2, 0) is 11.3 Å². The molecule has 0 spiro atoms. The predicted molar refractivity (Wildman–Crippen MR) is 96.9 cm³/mol. The van der Waals surface area contributed by atoms with Gasteiger partial charge in [-0.15, -0.1) is 0 Å². The highest BCUT2D eigenvalue weighted by Gasteiger charge is 2.17. The molecule has 1 atom stereocenters. The molecule has 0 unspecified atom stereocenters. The van der Waals surface area contributed by atoms with Gasteiger partial charge in [0.2, 0.25) is 12.7 Å². The van der Waals surface area contributed by atoms with Crippen LogP contribution in [0.1, 0.15) is 24.1 Å². The fourth-order valence-electron chi connectivity index (χ4n) is 2.76. The molecule has 25 heavy (non-hydrogen) atoms. The van der Waals surface area contributed by atoms with Crippen molar-refractivity contribution in [3.8, 4) is 11.5 Å². The molecule has 1 heterocycles. The van der Waals surface area contributed by atoms with E-state index in [1.54, 1.807) is 0 Å². The first-order chi connectivity index (χ1) is 12.0. The van der Waals surface area contributed by atoms with Crippen LogP contribution in [0.3, 0.4) is 0 Å². The summed E-state index contributed by atoms with van der Waals surface area (Å²) < 4.78 is 10.7. The van der Waals surface area contributed by atoms with Crippen molar-refractivity contribution in [2.45, 2.75) is 19.5 Å². The summed E-state index contributed by atoms with van der Waals surface area (Å²) in [5.41, 5.74) is 2.10. The molecule has 1 aliphatic heterocycles. The van der Waals surface area contributed by atoms with Crippen LogP contribution in [-0.4, -0.2) is 31.2 Å². The van der Waals surface area contributed by atoms with E-state index in [0.29, 0.717) is 18.1 Å². The van der Waals surface area contributed by atoms with E-state index in [2.05, 4.69) is 5.32 Å². The molecule has 0 aliphatic carbocycles. The smallest absolute Gasteiger partial charge is 0.234 e. The molecule has 0 fully saturated rings. The first-order valence-corrected chi connectivity index (χ1v) is 8.51. The second-order valence-corrected chi connectivity index (χ2v) is 6.64. The van der Waals surface area contributed by atoms with Gasteiger partial charge in [-0.2, -0.15) is 0 Å². The highest BCUT2D eigenvalue weighted by Crippen LogP contribution is 2.34. The maximum atomic E-state index is 12.3. The number of hydrogen-bond acceptors (Lipinski definition) is 4. The number of carbonyl (C=O) groups is 1. The van der Waals surface area contributed by atoms with Gasteiger partial charge in [0.05, 0.1) is 12.6 Å². The Kier molecular flexibility index (Phi) is 5.46. The summed E-state index contributed by atoms with van der Waals surface area (Å²) in [5, 5.41) is 3.72. The van der Waals surface area contributed by atoms with Crippen molar-refractivity contribution < 1.29 is 14.3 Å². The Labute approximate surface area is 152 Å². The maximum Gasteiger partial charge on any atom is 0.234 e. The summed E-state index contributed by atoms with van der Waals surface area (Å²) in [4.78, 5) is 14.2. The van der Waals surface area contributed by atoms with Crippen molar-refractivity contribution in [2.24, 2.45) is 0 Å². The quantitative estimate of drug-likeness (QED) is 0.858. The highest BCUT2D eigenvalue weighted by atomic mass is 35.5. The normalized spacial score (nSPS) is 13.8. The van der Waals surface area contributed by atoms with Crippen molar-refractivity contribution in [2.75, 3.05) is 20.4 Å². The average Bonchev–Trinajstić information content (AvgIpc) is 3.04. The van der Waals surface area contributed by atoms with Crippen LogP contribution >= 0.6 is 11.6 Å². The summed E-state index contributed by atoms with van der Waals surface area (Å²) in [6.07, 6.45) is 0. The fourth-order valence-corrected chi connectivity index (χ4v) is 2.88. The molecule has 5 nitrogen and oxygen atoms in total. The molecule has 0 aromatic heterocycles. The number of halogens is 1. The van der Waals surface area contributed by atoms with Crippen LogP contribution in [0.15, 0.2) is 42.5 Å². The number of nitrogens with one attached hydrogen (secondary N) is 1. The Morgan fingerprint density at radius 1 is 1.20 bits per heavy atom. The first-order valence-electron chi connectivity index (χ1n) is 8.13. The van der Waals surface area contributed by atoms with Gasteiger partial charge < -0.3 is 14.8 Å². The van der Waals surface area contributed by atoms with E-state index in [9.17, 15) is 4.79 Å². The lowest BCUT2D eigenvalue weighted by atomic mass is 10.1. The number of carbonyl (C=O) groups excluding carboxylic acids is 1. The zero-order chi connectivity index (χ0) is 17.8. The lowest BCUT2D eigenvalue weighted by molar-refractivity contribution is -0.122. The number of nitrogens with zero attached hydrogens (tertiary/aromatic N) is 1. The Hall–Kier alpha value is -2.24. The van der Waals surface area contributed by atoms with E-state index in [1.807, 2.05) is 61.3 Å². The average molecular weight is 361 g/mol. The Morgan fingerprint density at radius 3 is 2.68 bits per heavy atom. The summed E-state index contributed by atoms with van der Waals surface area (Å²) in [6.45, 7) is 3.20. The van der Waals surface area contributed by atoms with Crippen LogP contribution in [0.25, 0.3) is 0 Å². The molecule has 0 saturated heterocycles. The van der Waals surface area contributed by atoms with Crippen LogP contribution in [0.4, 0.5) is 0 Å². The van der Waals surface area contributed by atoms with Gasteiger partial charge in [0.15, 0.2) is 11.5 Å². The Balaban J connectivity index is 1.52. The van der Waals surface area contributed by atoms with Gasteiger partial charge in [0.1, 0.15) is 0 Å². The van der Waals surface area contributed by atoms with Crippen LogP contribution < -0.4 is 14.8 Å². The molecule has 0 bridgehead atoms. The maximum absolute atomic E-state index is 12.3. The zero-order valence-corrected chi connectivity index (χ0v) is 15.0. The van der Waals surface area contributed by atoms with Gasteiger partial charge in [-0.3, -0.25) is 9.69 Å². The number of likely N-dealkylation sites (N-methyl/N-ethyl adjacent to an activating group) is 1. The van der Waals surface area contributed by atoms with Crippen molar-refractivity contribution in [3.63, 3.8) is 0 Å². The Morgan fingerprint density at radius 2 is 1.92 bits per heavy atom. The molecular formula is C19H21ClN2O3. The summed E-state index contributed by atoms with van der Waals surface area (Å²) in [5.74, 6) is 1.44. The van der Waals surface area contributed by atoms with E-state index in [1.165, 1.54) is 0 Å². The second kappa shape index (κ2) is 7.76. The summed E-state index contributed by atoms with van der Waals surface area (Å²) in [7, 11) is 1.92. The van der Waals surface area contributed by atoms with E-state index in [-0.39, 0.29) is 18.7 Å². The lowest BCUT2D eigenvalue weighted by Crippen LogP contribution is -2.36. The van der Waals surface area contributed by atoms with Gasteiger partial charge in [-0.25, -0.2) is 0 Å². The molecule has 0 saturated carbocycles. The third-order valence-corrected chi connectivity index (χ3v) is 4.31. The zero-order valence-electron chi connectivity index (χ0n) is 14.3. The highest BCUT2D eigenvalue weighted by molar-refractivity contribution is 6.30. The fraction of sp³-hybridized carbons (Fsp3) is 0.316. The molecule has 2 aromatic rings. The van der Waals surface area contributed by atoms with Gasteiger partial charge in [0.25, 0.3) is 0 Å². The second-order valence-electron chi connectivity index (χ2n) is 6.20. The molecule has 1 N–H and O–H groups in total. The van der Waals surface area contributed by atoms with Crippen molar-refractivity contribution in [1.82, 2.24) is 10.2 Å². The molecule has 0 radical (unpaired) electrons. The Bertz CT molecular complexity index is 749. The van der Waals surface area contributed by atoms with Crippen molar-refractivity contribution >= 4 is 17.5 Å². The number of rotatable bonds is 6. The minimum atomic E-state index is -0.106. The number of fused-ring (bicyclic) bond motifs is 1. The molecular weight excluding hydrogens is 340 g/mol. The minimum Gasteiger partial charge on any atom is -0.454 e. The van der Waals surface area contributed by atoms with E-state index in [4.69, 9.17) is 21.1 Å². The van der Waals surface area contributed by atoms with E-state index >= 15 is 0 Å². The molecule has 132 valence electrons. The molecule has 1 aliphatic rings. The molecule has 1 amide bonds. The van der Waals surface area contributed by atoms with Gasteiger partial charge in [-0.1, -0.05) is 29.8 Å². The molecule has 3 rings (SSSR count). The SMILES string of the molecule is C[C@@H](NC(=O)CN(C)Cc1ccc(Cl)cc1)c1ccc2c(c1)OCO2. The molecule has 6 heteroatoms. The minimum absolute atomic E-state index is 0.0263. The van der Waals surface area contributed by atoms with E-state index < -0.39 is 0 Å². The van der Waals surface area contributed by atoms with E-state index in [0.717, 1.165) is 22.6 Å². The predicted octanol–water partition coefficient (Wildman–Crippen LogP) is 3.38. The van der Waals surface area contributed by atoms with Gasteiger partial charge in [0, 0.05) is 11.6 Å². The number of hydrogen-bond donors (Lipinski definition) is 1. The number of amides is 1. The third-order valence-electron chi connectivity index (χ3n) is 4.05. The topological polar surface area (TPSA) is 50.8 Å². The van der Waals surface area contributed by atoms with Crippen LogP contribution in [0.5, 0.6) is 11.5 Å². The standard InChI is InChI=1S/C19H21ClN2O3/c1-13(15-5-8-17-18(9-15)25-12-24-17)21-19(23)11-22(2)10-14-3-6-16(20)7-4-14/h3-9,13H,10-12H2,1-2H3,(H,21,23)/t13-/m1/s1. The molecule has 2 aromatic carbocycles. The number of ether oxygens (including phenoxy) is 2. The first kappa shape index (κ1) is 17.6. The summed E-state index contributed by atoms with van der Waals surface area (Å²) >= 11 is 5.89. The van der Waals surface area contributed by atoms with Gasteiger partial charge in [-0.05, 0) is 49.4 Å².